The third kappa shape index (κ3) is 2.22. The second-order valence-corrected chi connectivity index (χ2v) is 3.98. The summed E-state index contributed by atoms with van der Waals surface area (Å²) in [5.74, 6) is -0.476. The van der Waals surface area contributed by atoms with E-state index >= 15 is 0 Å². The summed E-state index contributed by atoms with van der Waals surface area (Å²) < 4.78 is 13.4. The SMILES string of the molecule is O=C(NCCO)C1CC1c1ccccc1F. The van der Waals surface area contributed by atoms with Gasteiger partial charge in [0.2, 0.25) is 5.91 Å². The number of hydrogen-bond acceptors (Lipinski definition) is 2. The molecule has 1 aromatic carbocycles. The molecule has 2 unspecified atom stereocenters. The molecule has 1 saturated carbocycles. The number of rotatable bonds is 4. The fraction of sp³-hybridized carbons (Fsp3) is 0.417. The summed E-state index contributed by atoms with van der Waals surface area (Å²) in [7, 11) is 0. The average molecular weight is 223 g/mol. The first kappa shape index (κ1) is 11.1. The number of carbonyl (C=O) groups is 1. The Kier molecular flexibility index (Phi) is 3.19. The van der Waals surface area contributed by atoms with Crippen molar-refractivity contribution < 1.29 is 14.3 Å². The molecular weight excluding hydrogens is 209 g/mol. The van der Waals surface area contributed by atoms with Crippen molar-refractivity contribution in [1.29, 1.82) is 0 Å². The average Bonchev–Trinajstić information content (AvgIpc) is 3.06. The highest BCUT2D eigenvalue weighted by Crippen LogP contribution is 2.48. The van der Waals surface area contributed by atoms with Crippen molar-refractivity contribution in [1.82, 2.24) is 5.32 Å². The molecule has 1 aliphatic rings. The van der Waals surface area contributed by atoms with Gasteiger partial charge in [-0.1, -0.05) is 18.2 Å². The van der Waals surface area contributed by atoms with Gasteiger partial charge in [0.25, 0.3) is 0 Å². The zero-order valence-electron chi connectivity index (χ0n) is 8.82. The van der Waals surface area contributed by atoms with E-state index in [0.717, 1.165) is 0 Å². The van der Waals surface area contributed by atoms with Crippen molar-refractivity contribution in [2.45, 2.75) is 12.3 Å². The number of aliphatic hydroxyl groups excluding tert-OH is 1. The minimum atomic E-state index is -0.245. The Morgan fingerprint density at radius 1 is 1.50 bits per heavy atom. The lowest BCUT2D eigenvalue weighted by Crippen LogP contribution is -2.28. The number of hydrogen-bond donors (Lipinski definition) is 2. The van der Waals surface area contributed by atoms with Crippen LogP contribution in [0, 0.1) is 11.7 Å². The number of halogens is 1. The molecule has 0 saturated heterocycles. The van der Waals surface area contributed by atoms with Crippen LogP contribution in [0.4, 0.5) is 4.39 Å². The third-order valence-corrected chi connectivity index (χ3v) is 2.84. The molecule has 16 heavy (non-hydrogen) atoms. The van der Waals surface area contributed by atoms with Gasteiger partial charge in [0.15, 0.2) is 0 Å². The molecule has 2 rings (SSSR count). The van der Waals surface area contributed by atoms with Crippen molar-refractivity contribution in [2.75, 3.05) is 13.2 Å². The quantitative estimate of drug-likeness (QED) is 0.801. The van der Waals surface area contributed by atoms with Crippen LogP contribution in [0.3, 0.4) is 0 Å². The van der Waals surface area contributed by atoms with Crippen LogP contribution in [-0.2, 0) is 4.79 Å². The maximum absolute atomic E-state index is 13.4. The zero-order valence-corrected chi connectivity index (χ0v) is 8.82. The second kappa shape index (κ2) is 4.61. The number of nitrogens with one attached hydrogen (secondary N) is 1. The van der Waals surface area contributed by atoms with E-state index in [2.05, 4.69) is 5.32 Å². The van der Waals surface area contributed by atoms with Gasteiger partial charge >= 0.3 is 0 Å². The fourth-order valence-electron chi connectivity index (χ4n) is 1.91. The van der Waals surface area contributed by atoms with Gasteiger partial charge in [-0.15, -0.1) is 0 Å². The van der Waals surface area contributed by atoms with Gasteiger partial charge in [0, 0.05) is 12.5 Å². The third-order valence-electron chi connectivity index (χ3n) is 2.84. The lowest BCUT2D eigenvalue weighted by molar-refractivity contribution is -0.122. The van der Waals surface area contributed by atoms with Crippen LogP contribution >= 0.6 is 0 Å². The Morgan fingerprint density at radius 2 is 2.25 bits per heavy atom. The van der Waals surface area contributed by atoms with Crippen LogP contribution in [-0.4, -0.2) is 24.2 Å². The summed E-state index contributed by atoms with van der Waals surface area (Å²) >= 11 is 0. The molecule has 2 N–H and O–H groups in total. The van der Waals surface area contributed by atoms with E-state index < -0.39 is 0 Å². The minimum absolute atomic E-state index is 0.0000992. The molecule has 2 atom stereocenters. The molecular formula is C12H14FNO2. The normalized spacial score (nSPS) is 22.9. The topological polar surface area (TPSA) is 49.3 Å². The predicted molar refractivity (Wildman–Crippen MR) is 57.3 cm³/mol. The first-order valence-corrected chi connectivity index (χ1v) is 5.37. The molecule has 0 radical (unpaired) electrons. The Labute approximate surface area is 93.3 Å². The van der Waals surface area contributed by atoms with Crippen molar-refractivity contribution in [2.24, 2.45) is 5.92 Å². The second-order valence-electron chi connectivity index (χ2n) is 3.98. The summed E-state index contributed by atoms with van der Waals surface area (Å²) in [6.07, 6.45) is 0.693. The first-order valence-electron chi connectivity index (χ1n) is 5.37. The standard InChI is InChI=1S/C12H14FNO2/c13-11-4-2-1-3-8(11)9-7-10(9)12(16)14-5-6-15/h1-4,9-10,15H,5-7H2,(H,14,16). The molecule has 1 aliphatic carbocycles. The summed E-state index contributed by atoms with van der Waals surface area (Å²) in [4.78, 5) is 11.5. The predicted octanol–water partition coefficient (Wildman–Crippen LogP) is 1.04. The molecule has 4 heteroatoms. The van der Waals surface area contributed by atoms with Gasteiger partial charge < -0.3 is 10.4 Å². The van der Waals surface area contributed by atoms with Crippen LogP contribution in [0.1, 0.15) is 17.9 Å². The van der Waals surface area contributed by atoms with Gasteiger partial charge in [-0.3, -0.25) is 4.79 Å². The summed E-state index contributed by atoms with van der Waals surface area (Å²) in [6.45, 7) is 0.197. The van der Waals surface area contributed by atoms with Gasteiger partial charge in [-0.05, 0) is 24.0 Å². The van der Waals surface area contributed by atoms with Gasteiger partial charge in [0.05, 0.1) is 6.61 Å². The largest absolute Gasteiger partial charge is 0.395 e. The smallest absolute Gasteiger partial charge is 0.223 e. The number of amides is 1. The summed E-state index contributed by atoms with van der Waals surface area (Å²) in [5.41, 5.74) is 0.617. The van der Waals surface area contributed by atoms with Gasteiger partial charge in [-0.2, -0.15) is 0 Å². The van der Waals surface area contributed by atoms with Crippen LogP contribution in [0.5, 0.6) is 0 Å². The van der Waals surface area contributed by atoms with E-state index in [1.54, 1.807) is 18.2 Å². The van der Waals surface area contributed by atoms with E-state index in [-0.39, 0.29) is 36.7 Å². The maximum atomic E-state index is 13.4. The van der Waals surface area contributed by atoms with Crippen LogP contribution in [0.15, 0.2) is 24.3 Å². The molecule has 1 amide bonds. The van der Waals surface area contributed by atoms with Crippen molar-refractivity contribution in [3.63, 3.8) is 0 Å². The van der Waals surface area contributed by atoms with Crippen LogP contribution < -0.4 is 5.32 Å². The maximum Gasteiger partial charge on any atom is 0.223 e. The lowest BCUT2D eigenvalue weighted by atomic mass is 10.1. The molecule has 0 heterocycles. The zero-order chi connectivity index (χ0) is 11.5. The van der Waals surface area contributed by atoms with E-state index in [0.29, 0.717) is 12.0 Å². The Hall–Kier alpha value is -1.42. The van der Waals surface area contributed by atoms with E-state index in [9.17, 15) is 9.18 Å². The molecule has 3 nitrogen and oxygen atoms in total. The van der Waals surface area contributed by atoms with Crippen molar-refractivity contribution >= 4 is 5.91 Å². The number of benzene rings is 1. The Morgan fingerprint density at radius 3 is 2.94 bits per heavy atom. The molecule has 1 fully saturated rings. The lowest BCUT2D eigenvalue weighted by Gasteiger charge is -2.03. The minimum Gasteiger partial charge on any atom is -0.395 e. The molecule has 0 spiro atoms. The number of aliphatic hydroxyl groups is 1. The van der Waals surface area contributed by atoms with Gasteiger partial charge in [0.1, 0.15) is 5.82 Å². The fourth-order valence-corrected chi connectivity index (χ4v) is 1.91. The van der Waals surface area contributed by atoms with Crippen molar-refractivity contribution in [3.8, 4) is 0 Å². The van der Waals surface area contributed by atoms with Crippen LogP contribution in [0.2, 0.25) is 0 Å². The molecule has 0 aromatic heterocycles. The summed E-state index contributed by atoms with van der Waals surface area (Å²) in [5, 5.41) is 11.2. The van der Waals surface area contributed by atoms with Gasteiger partial charge in [-0.25, -0.2) is 4.39 Å². The molecule has 0 bridgehead atoms. The highest BCUT2D eigenvalue weighted by atomic mass is 19.1. The Balaban J connectivity index is 1.96. The molecule has 86 valence electrons. The molecule has 1 aromatic rings. The Bertz CT molecular complexity index is 394. The van der Waals surface area contributed by atoms with Crippen molar-refractivity contribution in [3.05, 3.63) is 35.6 Å². The first-order chi connectivity index (χ1) is 7.74. The highest BCUT2D eigenvalue weighted by molar-refractivity contribution is 5.82. The van der Waals surface area contributed by atoms with Crippen LogP contribution in [0.25, 0.3) is 0 Å². The summed E-state index contributed by atoms with van der Waals surface area (Å²) in [6, 6.07) is 6.55. The molecule has 0 aliphatic heterocycles. The monoisotopic (exact) mass is 223 g/mol. The number of carbonyl (C=O) groups excluding carboxylic acids is 1. The van der Waals surface area contributed by atoms with E-state index in [1.165, 1.54) is 6.07 Å². The van der Waals surface area contributed by atoms with E-state index in [4.69, 9.17) is 5.11 Å². The highest BCUT2D eigenvalue weighted by Gasteiger charge is 2.44. The van der Waals surface area contributed by atoms with E-state index in [1.807, 2.05) is 0 Å².